The lowest BCUT2D eigenvalue weighted by Gasteiger charge is -2.09. The lowest BCUT2D eigenvalue weighted by atomic mass is 10.1. The summed E-state index contributed by atoms with van der Waals surface area (Å²) in [6.45, 7) is 1.71. The van der Waals surface area contributed by atoms with Crippen LogP contribution in [0.3, 0.4) is 0 Å². The Kier molecular flexibility index (Phi) is 5.75. The van der Waals surface area contributed by atoms with E-state index in [0.717, 1.165) is 11.3 Å². The highest BCUT2D eigenvalue weighted by Gasteiger charge is 2.26. The number of esters is 1. The van der Waals surface area contributed by atoms with Crippen molar-refractivity contribution < 1.29 is 14.3 Å². The van der Waals surface area contributed by atoms with Crippen molar-refractivity contribution in [2.24, 2.45) is 7.05 Å². The Morgan fingerprint density at radius 3 is 2.56 bits per heavy atom. The van der Waals surface area contributed by atoms with Crippen LogP contribution < -0.4 is 10.6 Å². The first kappa shape index (κ1) is 18.9. The fraction of sp³-hybridized carbons (Fsp3) is 0.333. The highest BCUT2D eigenvalue weighted by molar-refractivity contribution is 7.80. The van der Waals surface area contributed by atoms with Crippen molar-refractivity contribution in [2.75, 3.05) is 31.8 Å². The number of hydrogen-bond donors (Lipinski definition) is 2. The van der Waals surface area contributed by atoms with E-state index in [2.05, 4.69) is 15.7 Å². The molecule has 0 aromatic carbocycles. The van der Waals surface area contributed by atoms with Crippen LogP contribution in [0.15, 0.2) is 12.3 Å². The molecular weight excluding hydrogens is 362 g/mol. The lowest BCUT2D eigenvalue weighted by Crippen LogP contribution is -2.21. The number of nitrogens with one attached hydrogen (secondary N) is 2. The third-order valence-electron chi connectivity index (χ3n) is 3.32. The predicted molar refractivity (Wildman–Crippen MR) is 101 cm³/mol. The van der Waals surface area contributed by atoms with Gasteiger partial charge in [0, 0.05) is 33.4 Å². The van der Waals surface area contributed by atoms with Crippen molar-refractivity contribution in [1.82, 2.24) is 14.7 Å². The van der Waals surface area contributed by atoms with Gasteiger partial charge in [0.1, 0.15) is 5.00 Å². The van der Waals surface area contributed by atoms with Gasteiger partial charge in [0.15, 0.2) is 10.9 Å². The van der Waals surface area contributed by atoms with Gasteiger partial charge in [0.2, 0.25) is 0 Å². The zero-order chi connectivity index (χ0) is 18.7. The van der Waals surface area contributed by atoms with E-state index in [1.807, 2.05) is 0 Å². The number of carbonyl (C=O) groups is 2. The van der Waals surface area contributed by atoms with Gasteiger partial charge in [-0.05, 0) is 24.7 Å². The Morgan fingerprint density at radius 2 is 2.04 bits per heavy atom. The quantitative estimate of drug-likeness (QED) is 0.619. The van der Waals surface area contributed by atoms with E-state index in [9.17, 15) is 9.59 Å². The van der Waals surface area contributed by atoms with Gasteiger partial charge in [0.05, 0.1) is 17.6 Å². The molecule has 0 radical (unpaired) electrons. The summed E-state index contributed by atoms with van der Waals surface area (Å²) in [5.74, 6) is -0.156. The van der Waals surface area contributed by atoms with Crippen molar-refractivity contribution >= 4 is 51.4 Å². The number of anilines is 2. The van der Waals surface area contributed by atoms with Crippen LogP contribution in [0.5, 0.6) is 0 Å². The molecule has 2 N–H and O–H groups in total. The average Bonchev–Trinajstić information content (AvgIpc) is 3.09. The van der Waals surface area contributed by atoms with E-state index in [-0.39, 0.29) is 11.0 Å². The van der Waals surface area contributed by atoms with Crippen molar-refractivity contribution in [1.29, 1.82) is 0 Å². The standard InChI is InChI=1S/C15H19N5O3S2/c1-8-10(14(22)23-5)12(25-11(8)13(21)19(2)3)17-15(24)16-9-6-7-20(4)18-9/h6-7H,1-5H3,(H2,16,17,18,24). The molecule has 0 saturated carbocycles. The van der Waals surface area contributed by atoms with Crippen LogP contribution in [0.1, 0.15) is 25.6 Å². The van der Waals surface area contributed by atoms with Gasteiger partial charge >= 0.3 is 5.97 Å². The first-order valence-electron chi connectivity index (χ1n) is 7.25. The van der Waals surface area contributed by atoms with Crippen LogP contribution in [0.2, 0.25) is 0 Å². The summed E-state index contributed by atoms with van der Waals surface area (Å²) < 4.78 is 6.47. The maximum absolute atomic E-state index is 12.3. The number of hydrogen-bond acceptors (Lipinski definition) is 6. The zero-order valence-electron chi connectivity index (χ0n) is 14.5. The summed E-state index contributed by atoms with van der Waals surface area (Å²) >= 11 is 6.42. The Hall–Kier alpha value is -2.46. The van der Waals surface area contributed by atoms with Crippen LogP contribution in [0.25, 0.3) is 0 Å². The minimum Gasteiger partial charge on any atom is -0.465 e. The number of amides is 1. The van der Waals surface area contributed by atoms with Crippen LogP contribution in [-0.2, 0) is 11.8 Å². The van der Waals surface area contributed by atoms with Crippen molar-refractivity contribution in [2.45, 2.75) is 6.92 Å². The normalized spacial score (nSPS) is 10.3. The molecule has 0 aliphatic heterocycles. The second kappa shape index (κ2) is 7.62. The van der Waals surface area contributed by atoms with Crippen LogP contribution >= 0.6 is 23.6 Å². The van der Waals surface area contributed by atoms with Gasteiger partial charge < -0.3 is 20.3 Å². The lowest BCUT2D eigenvalue weighted by molar-refractivity contribution is 0.0601. The molecule has 1 amide bonds. The maximum atomic E-state index is 12.3. The second-order valence-electron chi connectivity index (χ2n) is 5.41. The minimum absolute atomic E-state index is 0.190. The third kappa shape index (κ3) is 4.15. The van der Waals surface area contributed by atoms with Crippen molar-refractivity contribution in [3.05, 3.63) is 28.3 Å². The SMILES string of the molecule is COC(=O)c1c(NC(=S)Nc2ccn(C)n2)sc(C(=O)N(C)C)c1C. The number of methoxy groups -OCH3 is 1. The van der Waals surface area contributed by atoms with Gasteiger partial charge in [-0.3, -0.25) is 9.48 Å². The molecule has 134 valence electrons. The molecule has 0 saturated heterocycles. The predicted octanol–water partition coefficient (Wildman–Crippen LogP) is 2.09. The smallest absolute Gasteiger partial charge is 0.341 e. The van der Waals surface area contributed by atoms with E-state index in [1.165, 1.54) is 12.0 Å². The number of rotatable bonds is 4. The molecule has 0 aliphatic carbocycles. The topological polar surface area (TPSA) is 88.5 Å². The van der Waals surface area contributed by atoms with Crippen LogP contribution in [0.4, 0.5) is 10.8 Å². The molecule has 10 heteroatoms. The van der Waals surface area contributed by atoms with Gasteiger partial charge in [-0.25, -0.2) is 4.79 Å². The van der Waals surface area contributed by atoms with E-state index >= 15 is 0 Å². The Bertz CT molecular complexity index is 825. The molecule has 0 atom stereocenters. The van der Waals surface area contributed by atoms with E-state index in [1.54, 1.807) is 45.0 Å². The highest BCUT2D eigenvalue weighted by Crippen LogP contribution is 2.34. The van der Waals surface area contributed by atoms with E-state index < -0.39 is 5.97 Å². The Morgan fingerprint density at radius 1 is 1.36 bits per heavy atom. The number of ether oxygens (including phenoxy) is 1. The molecular formula is C15H19N5O3S2. The first-order valence-corrected chi connectivity index (χ1v) is 8.48. The zero-order valence-corrected chi connectivity index (χ0v) is 16.2. The summed E-state index contributed by atoms with van der Waals surface area (Å²) in [4.78, 5) is 26.4. The number of carbonyl (C=O) groups excluding carboxylic acids is 2. The number of aromatic nitrogens is 2. The Balaban J connectivity index is 2.31. The number of aryl methyl sites for hydroxylation is 1. The molecule has 25 heavy (non-hydrogen) atoms. The molecule has 2 rings (SSSR count). The maximum Gasteiger partial charge on any atom is 0.341 e. The monoisotopic (exact) mass is 381 g/mol. The van der Waals surface area contributed by atoms with Crippen LogP contribution in [0, 0.1) is 6.92 Å². The molecule has 0 unspecified atom stereocenters. The molecule has 0 aliphatic rings. The summed E-state index contributed by atoms with van der Waals surface area (Å²) in [6, 6.07) is 1.76. The summed E-state index contributed by atoms with van der Waals surface area (Å²) in [6.07, 6.45) is 1.77. The third-order valence-corrected chi connectivity index (χ3v) is 4.72. The Labute approximate surface area is 154 Å². The summed E-state index contributed by atoms with van der Waals surface area (Å²) in [7, 11) is 6.39. The van der Waals surface area contributed by atoms with E-state index in [4.69, 9.17) is 17.0 Å². The summed E-state index contributed by atoms with van der Waals surface area (Å²) in [5, 5.41) is 10.8. The van der Waals surface area contributed by atoms with Crippen molar-refractivity contribution in [3.8, 4) is 0 Å². The molecule has 2 aromatic heterocycles. The number of nitrogens with zero attached hydrogens (tertiary/aromatic N) is 3. The highest BCUT2D eigenvalue weighted by atomic mass is 32.1. The largest absolute Gasteiger partial charge is 0.465 e. The fourth-order valence-electron chi connectivity index (χ4n) is 2.09. The molecule has 2 aromatic rings. The molecule has 2 heterocycles. The fourth-order valence-corrected chi connectivity index (χ4v) is 3.58. The molecule has 0 spiro atoms. The molecule has 8 nitrogen and oxygen atoms in total. The summed E-state index contributed by atoms with van der Waals surface area (Å²) in [5.41, 5.74) is 0.849. The molecule has 0 bridgehead atoms. The van der Waals surface area contributed by atoms with Gasteiger partial charge in [-0.2, -0.15) is 5.10 Å². The molecule has 0 fully saturated rings. The second-order valence-corrected chi connectivity index (χ2v) is 6.83. The van der Waals surface area contributed by atoms with Crippen molar-refractivity contribution in [3.63, 3.8) is 0 Å². The number of thiophene rings is 1. The average molecular weight is 381 g/mol. The minimum atomic E-state index is -0.533. The van der Waals surface area contributed by atoms with Gasteiger partial charge in [-0.1, -0.05) is 0 Å². The van der Waals surface area contributed by atoms with Gasteiger partial charge in [-0.15, -0.1) is 11.3 Å². The van der Waals surface area contributed by atoms with Crippen LogP contribution in [-0.4, -0.2) is 52.9 Å². The van der Waals surface area contributed by atoms with Gasteiger partial charge in [0.25, 0.3) is 5.91 Å². The number of thiocarbonyl (C=S) groups is 1. The van der Waals surface area contributed by atoms with E-state index in [0.29, 0.717) is 26.8 Å². The first-order chi connectivity index (χ1) is 11.7.